The molecule has 0 rings (SSSR count). The van der Waals surface area contributed by atoms with Crippen LogP contribution in [-0.4, -0.2) is 29.6 Å². The van der Waals surface area contributed by atoms with E-state index in [0.29, 0.717) is 12.8 Å². The number of aliphatic carboxylic acids is 1. The minimum Gasteiger partial charge on any atom is -0.481 e. The van der Waals surface area contributed by atoms with Gasteiger partial charge in [-0.25, -0.2) is 0 Å². The second-order valence-electron chi connectivity index (χ2n) is 3.26. The highest BCUT2D eigenvalue weighted by Crippen LogP contribution is 1.99. The number of rotatable bonds is 8. The number of hydrogen-bond donors (Lipinski definition) is 2. The molecule has 1 unspecified atom stereocenters. The largest absolute Gasteiger partial charge is 0.481 e. The number of carbonyl (C=O) groups excluding carboxylic acids is 1. The molecule has 0 radical (unpaired) electrons. The molecule has 0 fully saturated rings. The Morgan fingerprint density at radius 2 is 2.07 bits per heavy atom. The molecule has 0 aromatic carbocycles. The Labute approximate surface area is 88.0 Å². The van der Waals surface area contributed by atoms with Crippen molar-refractivity contribution in [3.05, 3.63) is 4.91 Å². The number of carboxylic acid groups (broad SMARTS) is 1. The first kappa shape index (κ1) is 13.5. The Bertz CT molecular complexity index is 230. The van der Waals surface area contributed by atoms with Crippen molar-refractivity contribution in [3.63, 3.8) is 0 Å². The zero-order valence-electron chi connectivity index (χ0n) is 8.73. The molecule has 0 aromatic rings. The molecular weight excluding hydrogens is 200 g/mol. The molecule has 0 saturated heterocycles. The van der Waals surface area contributed by atoms with E-state index in [0.717, 1.165) is 0 Å². The first-order valence-corrected chi connectivity index (χ1v) is 4.90. The van der Waals surface area contributed by atoms with Gasteiger partial charge in [0.05, 0.1) is 6.04 Å². The molecule has 86 valence electrons. The van der Waals surface area contributed by atoms with Gasteiger partial charge >= 0.3 is 5.97 Å². The van der Waals surface area contributed by atoms with E-state index in [1.165, 1.54) is 0 Å². The van der Waals surface area contributed by atoms with Crippen molar-refractivity contribution in [3.8, 4) is 0 Å². The molecule has 0 heterocycles. The summed E-state index contributed by atoms with van der Waals surface area (Å²) in [5.41, 5.74) is 0. The summed E-state index contributed by atoms with van der Waals surface area (Å²) in [4.78, 5) is 31.5. The smallest absolute Gasteiger partial charge is 0.303 e. The zero-order valence-corrected chi connectivity index (χ0v) is 8.73. The number of carboxylic acids is 1. The molecule has 0 aliphatic carbocycles. The molecule has 15 heavy (non-hydrogen) atoms. The lowest BCUT2D eigenvalue weighted by Crippen LogP contribution is -2.37. The number of carbonyl (C=O) groups is 2. The topological polar surface area (TPSA) is 95.8 Å². The van der Waals surface area contributed by atoms with Gasteiger partial charge in [0.2, 0.25) is 5.91 Å². The van der Waals surface area contributed by atoms with Crippen molar-refractivity contribution in [2.24, 2.45) is 5.18 Å². The lowest BCUT2D eigenvalue weighted by atomic mass is 10.1. The molecule has 0 saturated carbocycles. The first-order chi connectivity index (χ1) is 7.10. The van der Waals surface area contributed by atoms with Gasteiger partial charge in [-0.2, -0.15) is 4.91 Å². The number of hydrogen-bond acceptors (Lipinski definition) is 4. The molecule has 2 N–H and O–H groups in total. The zero-order chi connectivity index (χ0) is 11.7. The van der Waals surface area contributed by atoms with Crippen molar-refractivity contribution in [2.75, 3.05) is 6.54 Å². The van der Waals surface area contributed by atoms with E-state index in [-0.39, 0.29) is 25.3 Å². The predicted molar refractivity (Wildman–Crippen MR) is 54.4 cm³/mol. The minimum atomic E-state index is -0.948. The maximum absolute atomic E-state index is 11.2. The molecular formula is C9H16N2O4. The Balaban J connectivity index is 3.96. The van der Waals surface area contributed by atoms with Crippen LogP contribution >= 0.6 is 0 Å². The summed E-state index contributed by atoms with van der Waals surface area (Å²) in [5.74, 6) is -1.12. The van der Waals surface area contributed by atoms with Crippen LogP contribution in [0, 0.1) is 4.91 Å². The van der Waals surface area contributed by atoms with E-state index < -0.39 is 12.0 Å². The van der Waals surface area contributed by atoms with E-state index in [1.807, 2.05) is 6.92 Å². The lowest BCUT2D eigenvalue weighted by molar-refractivity contribution is -0.137. The molecule has 1 amide bonds. The highest BCUT2D eigenvalue weighted by Gasteiger charge is 2.13. The van der Waals surface area contributed by atoms with Crippen LogP contribution in [-0.2, 0) is 9.59 Å². The van der Waals surface area contributed by atoms with Gasteiger partial charge in [-0.15, -0.1) is 0 Å². The van der Waals surface area contributed by atoms with Crippen LogP contribution in [0.5, 0.6) is 0 Å². The number of amides is 1. The van der Waals surface area contributed by atoms with Crippen molar-refractivity contribution >= 4 is 11.9 Å². The van der Waals surface area contributed by atoms with Gasteiger partial charge in [0, 0.05) is 12.8 Å². The molecule has 0 spiro atoms. The molecule has 1 atom stereocenters. The van der Waals surface area contributed by atoms with Crippen LogP contribution in [0.4, 0.5) is 0 Å². The Morgan fingerprint density at radius 3 is 2.53 bits per heavy atom. The summed E-state index contributed by atoms with van der Waals surface area (Å²) in [6, 6.07) is -0.461. The van der Waals surface area contributed by atoms with Crippen LogP contribution in [0.15, 0.2) is 5.18 Å². The molecule has 0 aliphatic rings. The maximum Gasteiger partial charge on any atom is 0.303 e. The van der Waals surface area contributed by atoms with E-state index in [9.17, 15) is 14.5 Å². The second kappa shape index (κ2) is 7.90. The number of nitroso groups, excluding NO2 is 1. The fourth-order valence-corrected chi connectivity index (χ4v) is 1.12. The highest BCUT2D eigenvalue weighted by atomic mass is 16.4. The normalized spacial score (nSPS) is 11.8. The van der Waals surface area contributed by atoms with Gasteiger partial charge in [0.25, 0.3) is 0 Å². The van der Waals surface area contributed by atoms with Gasteiger partial charge in [-0.1, -0.05) is 12.1 Å². The van der Waals surface area contributed by atoms with Crippen LogP contribution in [0.2, 0.25) is 0 Å². The van der Waals surface area contributed by atoms with E-state index in [2.05, 4.69) is 10.5 Å². The van der Waals surface area contributed by atoms with Crippen molar-refractivity contribution in [2.45, 2.75) is 38.6 Å². The molecule has 6 nitrogen and oxygen atoms in total. The van der Waals surface area contributed by atoms with E-state index in [4.69, 9.17) is 5.11 Å². The Morgan fingerprint density at radius 1 is 1.40 bits per heavy atom. The quantitative estimate of drug-likeness (QED) is 0.589. The first-order valence-electron chi connectivity index (χ1n) is 4.90. The summed E-state index contributed by atoms with van der Waals surface area (Å²) < 4.78 is 0. The number of nitrogens with one attached hydrogen (secondary N) is 1. The van der Waals surface area contributed by atoms with Crippen molar-refractivity contribution in [1.29, 1.82) is 0 Å². The predicted octanol–water partition coefficient (Wildman–Crippen LogP) is 0.903. The van der Waals surface area contributed by atoms with Gasteiger partial charge in [-0.05, 0) is 12.8 Å². The molecule has 0 aliphatic heterocycles. The summed E-state index contributed by atoms with van der Waals surface area (Å²) in [6.07, 6.45) is 1.25. The summed E-state index contributed by atoms with van der Waals surface area (Å²) in [6.45, 7) is 1.78. The van der Waals surface area contributed by atoms with E-state index >= 15 is 0 Å². The monoisotopic (exact) mass is 216 g/mol. The molecule has 0 bridgehead atoms. The van der Waals surface area contributed by atoms with Gasteiger partial charge in [0.1, 0.15) is 6.54 Å². The highest BCUT2D eigenvalue weighted by molar-refractivity contribution is 5.76. The Hall–Kier alpha value is -1.46. The SMILES string of the molecule is CCCC(=O)NC(CCC(=O)O)CN=O. The van der Waals surface area contributed by atoms with Crippen LogP contribution in [0.3, 0.4) is 0 Å². The van der Waals surface area contributed by atoms with Gasteiger partial charge < -0.3 is 10.4 Å². The fraction of sp³-hybridized carbons (Fsp3) is 0.778. The Kier molecular flexibility index (Phi) is 7.13. The fourth-order valence-electron chi connectivity index (χ4n) is 1.12. The third-order valence-corrected chi connectivity index (χ3v) is 1.84. The lowest BCUT2D eigenvalue weighted by Gasteiger charge is -2.14. The van der Waals surface area contributed by atoms with Crippen LogP contribution < -0.4 is 5.32 Å². The second-order valence-corrected chi connectivity index (χ2v) is 3.26. The molecule has 0 aromatic heterocycles. The van der Waals surface area contributed by atoms with Crippen molar-refractivity contribution in [1.82, 2.24) is 5.32 Å². The standard InChI is InChI=1S/C9H16N2O4/c1-2-3-8(12)11-7(6-10-15)4-5-9(13)14/h7H,2-6H2,1H3,(H,11,12)(H,13,14). The summed E-state index contributed by atoms with van der Waals surface area (Å²) >= 11 is 0. The third kappa shape index (κ3) is 7.60. The van der Waals surface area contributed by atoms with Gasteiger partial charge in [0.15, 0.2) is 0 Å². The summed E-state index contributed by atoms with van der Waals surface area (Å²) in [5, 5.41) is 13.7. The third-order valence-electron chi connectivity index (χ3n) is 1.84. The minimum absolute atomic E-state index is 0.0768. The van der Waals surface area contributed by atoms with Crippen molar-refractivity contribution < 1.29 is 14.7 Å². The molecule has 6 heteroatoms. The van der Waals surface area contributed by atoms with Gasteiger partial charge in [-0.3, -0.25) is 9.59 Å². The maximum atomic E-state index is 11.2. The average molecular weight is 216 g/mol. The van der Waals surface area contributed by atoms with E-state index in [1.54, 1.807) is 0 Å². The average Bonchev–Trinajstić information content (AvgIpc) is 2.15. The number of nitrogens with zero attached hydrogens (tertiary/aromatic N) is 1. The van der Waals surface area contributed by atoms with Crippen LogP contribution in [0.25, 0.3) is 0 Å². The van der Waals surface area contributed by atoms with Crippen LogP contribution in [0.1, 0.15) is 32.6 Å². The summed E-state index contributed by atoms with van der Waals surface area (Å²) in [7, 11) is 0.